The number of aromatic hydroxyl groups is 1. The van der Waals surface area contributed by atoms with Crippen LogP contribution in [0.1, 0.15) is 5.56 Å². The molecule has 0 aromatic heterocycles. The number of phenolic OH excluding ortho intramolecular Hbond substituents is 1. The quantitative estimate of drug-likeness (QED) is 0.573. The third kappa shape index (κ3) is 3.67. The second-order valence-electron chi connectivity index (χ2n) is 3.15. The fraction of sp³-hybridized carbons (Fsp3) is 0.300. The average molecular weight is 320 g/mol. The van der Waals surface area contributed by atoms with E-state index in [0.717, 1.165) is 5.56 Å². The summed E-state index contributed by atoms with van der Waals surface area (Å²) in [6.07, 6.45) is 0.600. The molecule has 1 aromatic carbocycles. The van der Waals surface area contributed by atoms with Gasteiger partial charge in [-0.15, -0.1) is 0 Å². The van der Waals surface area contributed by atoms with E-state index in [-0.39, 0.29) is 17.7 Å². The molecule has 5 heteroatoms. The van der Waals surface area contributed by atoms with Crippen LogP contribution in [0.3, 0.4) is 0 Å². The summed E-state index contributed by atoms with van der Waals surface area (Å²) in [4.78, 5) is 11.4. The predicted molar refractivity (Wildman–Crippen MR) is 66.8 cm³/mol. The molecule has 0 heterocycles. The van der Waals surface area contributed by atoms with E-state index in [1.807, 2.05) is 22.9 Å². The molecule has 0 aliphatic heterocycles. The Kier molecular flexibility index (Phi) is 4.83. The Labute approximate surface area is 103 Å². The smallest absolute Gasteiger partial charge is 0.237 e. The van der Waals surface area contributed by atoms with Crippen LogP contribution >= 0.6 is 22.9 Å². The summed E-state index contributed by atoms with van der Waals surface area (Å²) >= 11 is 1.96. The monoisotopic (exact) mass is 320 g/mol. The zero-order chi connectivity index (χ0) is 11.3. The molecular formula is C10H13IN2O2. The highest BCUT2D eigenvalue weighted by Gasteiger charge is 2.15. The Morgan fingerprint density at radius 3 is 2.53 bits per heavy atom. The summed E-state index contributed by atoms with van der Waals surface area (Å²) in [5.74, 6) is 0.190. The Morgan fingerprint density at radius 1 is 1.47 bits per heavy atom. The summed E-state index contributed by atoms with van der Waals surface area (Å²) in [5.41, 5.74) is 1.01. The molecular weight excluding hydrogens is 307 g/mol. The van der Waals surface area contributed by atoms with Gasteiger partial charge in [0, 0.05) is 29.9 Å². The number of halogens is 1. The van der Waals surface area contributed by atoms with Crippen molar-refractivity contribution >= 4 is 28.8 Å². The van der Waals surface area contributed by atoms with E-state index in [1.165, 1.54) is 0 Å². The van der Waals surface area contributed by atoms with Crippen molar-refractivity contribution in [2.75, 3.05) is 7.05 Å². The van der Waals surface area contributed by atoms with Crippen molar-refractivity contribution in [3.63, 3.8) is 0 Å². The Hall–Kier alpha value is -0.820. The van der Waals surface area contributed by atoms with Gasteiger partial charge < -0.3 is 10.4 Å². The zero-order valence-electron chi connectivity index (χ0n) is 8.33. The molecule has 1 atom stereocenters. The van der Waals surface area contributed by atoms with Crippen molar-refractivity contribution in [3.8, 4) is 5.75 Å². The van der Waals surface area contributed by atoms with Crippen molar-refractivity contribution in [2.45, 2.75) is 12.5 Å². The van der Waals surface area contributed by atoms with Gasteiger partial charge in [0.25, 0.3) is 0 Å². The van der Waals surface area contributed by atoms with Gasteiger partial charge in [0.15, 0.2) is 0 Å². The molecule has 0 bridgehead atoms. The van der Waals surface area contributed by atoms with E-state index in [1.54, 1.807) is 31.3 Å². The molecule has 0 fully saturated rings. The SMILES string of the molecule is CNC(=O)C(Cc1ccc(O)cc1)NI. The van der Waals surface area contributed by atoms with Gasteiger partial charge >= 0.3 is 0 Å². The van der Waals surface area contributed by atoms with Crippen LogP contribution in [0.2, 0.25) is 0 Å². The van der Waals surface area contributed by atoms with Crippen LogP contribution in [0, 0.1) is 0 Å². The number of carbonyl (C=O) groups excluding carboxylic acids is 1. The number of nitrogens with one attached hydrogen (secondary N) is 2. The second-order valence-corrected chi connectivity index (χ2v) is 3.77. The first-order valence-corrected chi connectivity index (χ1v) is 5.61. The molecule has 0 aliphatic carbocycles. The van der Waals surface area contributed by atoms with Crippen molar-refractivity contribution < 1.29 is 9.90 Å². The minimum absolute atomic E-state index is 0.0440. The first kappa shape index (κ1) is 12.3. The first-order chi connectivity index (χ1) is 7.17. The van der Waals surface area contributed by atoms with E-state index < -0.39 is 0 Å². The Bertz CT molecular complexity index is 327. The normalized spacial score (nSPS) is 12.1. The molecule has 0 aliphatic rings. The average Bonchev–Trinajstić information content (AvgIpc) is 2.27. The summed E-state index contributed by atoms with van der Waals surface area (Å²) in [7, 11) is 1.61. The molecule has 0 saturated heterocycles. The van der Waals surface area contributed by atoms with Crippen molar-refractivity contribution in [1.82, 2.24) is 8.85 Å². The van der Waals surface area contributed by atoms with Gasteiger partial charge in [-0.1, -0.05) is 12.1 Å². The highest BCUT2D eigenvalue weighted by molar-refractivity contribution is 14.1. The second kappa shape index (κ2) is 5.92. The Balaban J connectivity index is 2.66. The minimum Gasteiger partial charge on any atom is -0.508 e. The lowest BCUT2D eigenvalue weighted by molar-refractivity contribution is -0.122. The standard InChI is InChI=1S/C10H13IN2O2/c1-12-10(15)9(13-11)6-7-2-4-8(14)5-3-7/h2-5,9,13-14H,6H2,1H3,(H,12,15). The molecule has 1 aromatic rings. The summed E-state index contributed by atoms with van der Waals surface area (Å²) < 4.78 is 2.91. The number of hydrogen-bond acceptors (Lipinski definition) is 3. The van der Waals surface area contributed by atoms with Crippen LogP contribution in [0.4, 0.5) is 0 Å². The number of phenols is 1. The predicted octanol–water partition coefficient (Wildman–Crippen LogP) is 0.989. The van der Waals surface area contributed by atoms with Gasteiger partial charge in [-0.25, -0.2) is 3.53 Å². The lowest BCUT2D eigenvalue weighted by atomic mass is 10.1. The topological polar surface area (TPSA) is 61.4 Å². The van der Waals surface area contributed by atoms with Gasteiger partial charge in [0.2, 0.25) is 5.91 Å². The van der Waals surface area contributed by atoms with Crippen molar-refractivity contribution in [1.29, 1.82) is 0 Å². The number of likely N-dealkylation sites (N-methyl/N-ethyl adjacent to an activating group) is 1. The first-order valence-electron chi connectivity index (χ1n) is 4.53. The third-order valence-corrected chi connectivity index (χ3v) is 2.82. The van der Waals surface area contributed by atoms with Crippen LogP contribution in [0.5, 0.6) is 5.75 Å². The maximum Gasteiger partial charge on any atom is 0.237 e. The lowest BCUT2D eigenvalue weighted by Gasteiger charge is -2.13. The van der Waals surface area contributed by atoms with Crippen molar-refractivity contribution in [3.05, 3.63) is 29.8 Å². The molecule has 0 spiro atoms. The number of carbonyl (C=O) groups is 1. The lowest BCUT2D eigenvalue weighted by Crippen LogP contribution is -2.40. The fourth-order valence-corrected chi connectivity index (χ4v) is 1.73. The highest BCUT2D eigenvalue weighted by Crippen LogP contribution is 2.11. The van der Waals surface area contributed by atoms with E-state index in [9.17, 15) is 4.79 Å². The van der Waals surface area contributed by atoms with E-state index in [4.69, 9.17) is 5.11 Å². The molecule has 4 nitrogen and oxygen atoms in total. The van der Waals surface area contributed by atoms with Crippen LogP contribution in [0.25, 0.3) is 0 Å². The van der Waals surface area contributed by atoms with Crippen LogP contribution in [-0.2, 0) is 11.2 Å². The summed E-state index contributed by atoms with van der Waals surface area (Å²) in [6, 6.07) is 6.59. The minimum atomic E-state index is -0.250. The fourth-order valence-electron chi connectivity index (χ4n) is 1.22. The molecule has 0 radical (unpaired) electrons. The number of rotatable bonds is 4. The van der Waals surface area contributed by atoms with Crippen LogP contribution in [-0.4, -0.2) is 24.1 Å². The van der Waals surface area contributed by atoms with Gasteiger partial charge in [-0.2, -0.15) is 0 Å². The van der Waals surface area contributed by atoms with Gasteiger partial charge in [0.1, 0.15) is 5.75 Å². The maximum absolute atomic E-state index is 11.4. The number of hydrogen-bond donors (Lipinski definition) is 3. The molecule has 1 rings (SSSR count). The zero-order valence-corrected chi connectivity index (χ0v) is 10.5. The summed E-state index contributed by atoms with van der Waals surface area (Å²) in [5, 5.41) is 11.7. The van der Waals surface area contributed by atoms with E-state index in [2.05, 4.69) is 8.85 Å². The Morgan fingerprint density at radius 2 is 2.07 bits per heavy atom. The van der Waals surface area contributed by atoms with Gasteiger partial charge in [-0.3, -0.25) is 4.79 Å². The maximum atomic E-state index is 11.4. The van der Waals surface area contributed by atoms with Crippen molar-refractivity contribution in [2.24, 2.45) is 0 Å². The molecule has 0 saturated carbocycles. The van der Waals surface area contributed by atoms with E-state index >= 15 is 0 Å². The molecule has 1 unspecified atom stereocenters. The summed E-state index contributed by atoms with van der Waals surface area (Å²) in [6.45, 7) is 0. The molecule has 1 amide bonds. The highest BCUT2D eigenvalue weighted by atomic mass is 127. The number of amides is 1. The molecule has 82 valence electrons. The van der Waals surface area contributed by atoms with Crippen LogP contribution in [0.15, 0.2) is 24.3 Å². The van der Waals surface area contributed by atoms with Gasteiger partial charge in [0.05, 0.1) is 6.04 Å². The molecule has 15 heavy (non-hydrogen) atoms. The molecule has 3 N–H and O–H groups in total. The van der Waals surface area contributed by atoms with E-state index in [0.29, 0.717) is 6.42 Å². The third-order valence-electron chi connectivity index (χ3n) is 2.07. The van der Waals surface area contributed by atoms with Crippen LogP contribution < -0.4 is 8.85 Å². The van der Waals surface area contributed by atoms with Gasteiger partial charge in [-0.05, 0) is 24.1 Å². The largest absolute Gasteiger partial charge is 0.508 e. The number of benzene rings is 1.